The molecule has 0 aromatic heterocycles. The molecule has 0 saturated heterocycles. The molecule has 0 unspecified atom stereocenters. The predicted molar refractivity (Wildman–Crippen MR) is 71.8 cm³/mol. The highest BCUT2D eigenvalue weighted by Gasteiger charge is 1.90. The van der Waals surface area contributed by atoms with Gasteiger partial charge in [0.2, 0.25) is 0 Å². The summed E-state index contributed by atoms with van der Waals surface area (Å²) in [6.45, 7) is 0. The molecule has 0 atom stereocenters. The van der Waals surface area contributed by atoms with Crippen molar-refractivity contribution in [1.29, 1.82) is 0 Å². The van der Waals surface area contributed by atoms with Crippen LogP contribution in [0.2, 0.25) is 10.0 Å². The maximum Gasteiger partial charge on any atom is 0.0411 e. The van der Waals surface area contributed by atoms with Crippen molar-refractivity contribution in [2.45, 2.75) is 0 Å². The van der Waals surface area contributed by atoms with Crippen LogP contribution in [0.3, 0.4) is 0 Å². The van der Waals surface area contributed by atoms with Crippen LogP contribution >= 0.6 is 23.2 Å². The minimum Gasteiger partial charge on any atom is -0.0843 e. The van der Waals surface area contributed by atoms with Gasteiger partial charge >= 0.3 is 0 Å². The average Bonchev–Trinajstić information content (AvgIpc) is 2.28. The van der Waals surface area contributed by atoms with E-state index in [4.69, 9.17) is 23.2 Å². The Hall–Kier alpha value is -1.24. The van der Waals surface area contributed by atoms with E-state index in [2.05, 4.69) is 0 Å². The van der Waals surface area contributed by atoms with Crippen molar-refractivity contribution >= 4 is 35.4 Å². The van der Waals surface area contributed by atoms with Crippen LogP contribution in [0.5, 0.6) is 0 Å². The molecule has 2 heteroatoms. The molecule has 0 N–H and O–H groups in total. The number of rotatable bonds is 2. The summed E-state index contributed by atoms with van der Waals surface area (Å²) in [5.41, 5.74) is 2.20. The van der Waals surface area contributed by atoms with Gasteiger partial charge in [-0.1, -0.05) is 59.6 Å². The number of benzene rings is 2. The van der Waals surface area contributed by atoms with Gasteiger partial charge in [0.05, 0.1) is 0 Å². The van der Waals surface area contributed by atoms with E-state index >= 15 is 0 Å². The summed E-state index contributed by atoms with van der Waals surface area (Å²) >= 11 is 11.7. The van der Waals surface area contributed by atoms with E-state index < -0.39 is 0 Å². The van der Waals surface area contributed by atoms with Crippen molar-refractivity contribution in [3.05, 3.63) is 69.7 Å². The van der Waals surface area contributed by atoms with Gasteiger partial charge in [0.25, 0.3) is 0 Å². The lowest BCUT2D eigenvalue weighted by Gasteiger charge is -1.95. The van der Waals surface area contributed by atoms with Crippen LogP contribution in [0.1, 0.15) is 11.1 Å². The molecular weight excluding hydrogens is 239 g/mol. The van der Waals surface area contributed by atoms with Crippen molar-refractivity contribution in [2.75, 3.05) is 0 Å². The molecule has 0 spiro atoms. The van der Waals surface area contributed by atoms with Gasteiger partial charge < -0.3 is 0 Å². The van der Waals surface area contributed by atoms with Crippen molar-refractivity contribution in [1.82, 2.24) is 0 Å². The lowest BCUT2D eigenvalue weighted by atomic mass is 10.1. The molecule has 80 valence electrons. The summed E-state index contributed by atoms with van der Waals surface area (Å²) < 4.78 is 0. The van der Waals surface area contributed by atoms with Crippen molar-refractivity contribution < 1.29 is 0 Å². The Kier molecular flexibility index (Phi) is 3.66. The van der Waals surface area contributed by atoms with E-state index in [1.165, 1.54) is 0 Å². The predicted octanol–water partition coefficient (Wildman–Crippen LogP) is 5.16. The summed E-state index contributed by atoms with van der Waals surface area (Å²) in [7, 11) is 0. The van der Waals surface area contributed by atoms with Gasteiger partial charge in [-0.05, 0) is 35.4 Å². The SMILES string of the molecule is Clc1ccc(/C=C/c2cccc(Cl)c2)cc1. The normalized spacial score (nSPS) is 10.9. The third-order valence-corrected chi connectivity index (χ3v) is 2.67. The van der Waals surface area contributed by atoms with Gasteiger partial charge in [0.1, 0.15) is 0 Å². The lowest BCUT2D eigenvalue weighted by molar-refractivity contribution is 1.64. The van der Waals surface area contributed by atoms with Crippen LogP contribution in [-0.4, -0.2) is 0 Å². The second kappa shape index (κ2) is 5.20. The summed E-state index contributed by atoms with van der Waals surface area (Å²) in [4.78, 5) is 0. The molecule has 0 amide bonds. The highest BCUT2D eigenvalue weighted by Crippen LogP contribution is 2.15. The van der Waals surface area contributed by atoms with Crippen LogP contribution in [0, 0.1) is 0 Å². The van der Waals surface area contributed by atoms with Gasteiger partial charge in [-0.25, -0.2) is 0 Å². The Morgan fingerprint density at radius 2 is 1.38 bits per heavy atom. The third-order valence-electron chi connectivity index (χ3n) is 2.19. The first-order valence-corrected chi connectivity index (χ1v) is 5.69. The van der Waals surface area contributed by atoms with Crippen LogP contribution in [-0.2, 0) is 0 Å². The fourth-order valence-corrected chi connectivity index (χ4v) is 1.70. The van der Waals surface area contributed by atoms with Gasteiger partial charge in [-0.2, -0.15) is 0 Å². The molecular formula is C14H10Cl2. The van der Waals surface area contributed by atoms with E-state index in [9.17, 15) is 0 Å². The first-order valence-electron chi connectivity index (χ1n) is 4.93. The molecule has 16 heavy (non-hydrogen) atoms. The van der Waals surface area contributed by atoms with E-state index in [0.717, 1.165) is 21.2 Å². The third kappa shape index (κ3) is 3.13. The Labute approximate surface area is 105 Å². The zero-order valence-electron chi connectivity index (χ0n) is 8.53. The number of halogens is 2. The van der Waals surface area contributed by atoms with Gasteiger partial charge in [0, 0.05) is 10.0 Å². The van der Waals surface area contributed by atoms with Gasteiger partial charge in [-0.3, -0.25) is 0 Å². The largest absolute Gasteiger partial charge is 0.0843 e. The second-order valence-corrected chi connectivity index (χ2v) is 4.31. The molecule has 0 saturated carbocycles. The molecule has 0 heterocycles. The maximum atomic E-state index is 5.90. The molecule has 2 aromatic rings. The minimum absolute atomic E-state index is 0.748. The standard InChI is InChI=1S/C14H10Cl2/c15-13-8-6-11(7-9-13)4-5-12-2-1-3-14(16)10-12/h1-10H/b5-4+. The minimum atomic E-state index is 0.748. The highest BCUT2D eigenvalue weighted by atomic mass is 35.5. The fraction of sp³-hybridized carbons (Fsp3) is 0. The summed E-state index contributed by atoms with van der Waals surface area (Å²) in [6, 6.07) is 15.4. The fourth-order valence-electron chi connectivity index (χ4n) is 1.38. The van der Waals surface area contributed by atoms with Crippen molar-refractivity contribution in [2.24, 2.45) is 0 Å². The Morgan fingerprint density at radius 1 is 0.688 bits per heavy atom. The summed E-state index contributed by atoms with van der Waals surface area (Å²) in [6.07, 6.45) is 4.05. The first-order chi connectivity index (χ1) is 7.74. The van der Waals surface area contributed by atoms with E-state index in [1.54, 1.807) is 0 Å². The molecule has 0 fully saturated rings. The van der Waals surface area contributed by atoms with Crippen molar-refractivity contribution in [3.63, 3.8) is 0 Å². The molecule has 2 rings (SSSR count). The molecule has 0 aliphatic heterocycles. The Morgan fingerprint density at radius 3 is 2.06 bits per heavy atom. The van der Waals surface area contributed by atoms with Crippen LogP contribution < -0.4 is 0 Å². The highest BCUT2D eigenvalue weighted by molar-refractivity contribution is 6.31. The quantitative estimate of drug-likeness (QED) is 0.644. The maximum absolute atomic E-state index is 5.90. The first kappa shape index (κ1) is 11.3. The van der Waals surface area contributed by atoms with Crippen LogP contribution in [0.25, 0.3) is 12.2 Å². The number of hydrogen-bond donors (Lipinski definition) is 0. The zero-order chi connectivity index (χ0) is 11.4. The number of hydrogen-bond acceptors (Lipinski definition) is 0. The molecule has 2 aromatic carbocycles. The molecule has 0 nitrogen and oxygen atoms in total. The lowest BCUT2D eigenvalue weighted by Crippen LogP contribution is -1.73. The zero-order valence-corrected chi connectivity index (χ0v) is 10.0. The molecule has 0 aliphatic carbocycles. The van der Waals surface area contributed by atoms with Crippen molar-refractivity contribution in [3.8, 4) is 0 Å². The van der Waals surface area contributed by atoms with Gasteiger partial charge in [0.15, 0.2) is 0 Å². The van der Waals surface area contributed by atoms with Gasteiger partial charge in [-0.15, -0.1) is 0 Å². The van der Waals surface area contributed by atoms with E-state index in [-0.39, 0.29) is 0 Å². The monoisotopic (exact) mass is 248 g/mol. The van der Waals surface area contributed by atoms with Crippen LogP contribution in [0.4, 0.5) is 0 Å². The Bertz CT molecular complexity index is 498. The summed E-state index contributed by atoms with van der Waals surface area (Å²) in [5, 5.41) is 1.50. The second-order valence-electron chi connectivity index (χ2n) is 3.44. The molecule has 0 radical (unpaired) electrons. The van der Waals surface area contributed by atoms with E-state index in [0.29, 0.717) is 0 Å². The Balaban J connectivity index is 2.18. The summed E-state index contributed by atoms with van der Waals surface area (Å²) in [5.74, 6) is 0. The average molecular weight is 249 g/mol. The molecule has 0 aliphatic rings. The van der Waals surface area contributed by atoms with E-state index in [1.807, 2.05) is 60.7 Å². The smallest absolute Gasteiger partial charge is 0.0411 e. The topological polar surface area (TPSA) is 0 Å². The molecule has 0 bridgehead atoms. The van der Waals surface area contributed by atoms with Crippen LogP contribution in [0.15, 0.2) is 48.5 Å².